The van der Waals surface area contributed by atoms with E-state index in [0.29, 0.717) is 0 Å². The van der Waals surface area contributed by atoms with Crippen LogP contribution in [0.1, 0.15) is 55.8 Å². The zero-order valence-corrected chi connectivity index (χ0v) is 12.0. The molecule has 0 saturated carbocycles. The number of nitrogens with one attached hydrogen (secondary N) is 2. The highest BCUT2D eigenvalue weighted by molar-refractivity contribution is 5.74. The van der Waals surface area contributed by atoms with Crippen molar-refractivity contribution in [2.75, 3.05) is 6.54 Å². The molecule has 2 N–H and O–H groups in total. The highest BCUT2D eigenvalue weighted by atomic mass is 16.2. The standard InChI is InChI=1S/C16H24N2O/c1-3-10-17-16(19)18-12(2)14-9-8-13-6-4-5-7-15(13)11-14/h8-9,11-12H,3-7,10H2,1-2H3,(H2,17,18,19). The second kappa shape index (κ2) is 6.60. The molecule has 3 heteroatoms. The van der Waals surface area contributed by atoms with Crippen LogP contribution in [0.5, 0.6) is 0 Å². The van der Waals surface area contributed by atoms with E-state index in [1.807, 2.05) is 13.8 Å². The zero-order chi connectivity index (χ0) is 13.7. The summed E-state index contributed by atoms with van der Waals surface area (Å²) < 4.78 is 0. The molecule has 104 valence electrons. The van der Waals surface area contributed by atoms with Crippen molar-refractivity contribution in [2.24, 2.45) is 0 Å². The molecule has 0 spiro atoms. The molecule has 1 unspecified atom stereocenters. The number of carbonyl (C=O) groups is 1. The van der Waals surface area contributed by atoms with Gasteiger partial charge in [-0.25, -0.2) is 4.79 Å². The number of hydrogen-bond donors (Lipinski definition) is 2. The van der Waals surface area contributed by atoms with Crippen LogP contribution in [0.25, 0.3) is 0 Å². The van der Waals surface area contributed by atoms with Crippen LogP contribution in [-0.4, -0.2) is 12.6 Å². The number of benzene rings is 1. The van der Waals surface area contributed by atoms with Crippen molar-refractivity contribution < 1.29 is 4.79 Å². The molecular weight excluding hydrogens is 236 g/mol. The van der Waals surface area contributed by atoms with E-state index in [9.17, 15) is 4.79 Å². The number of amides is 2. The molecule has 2 amide bonds. The molecule has 1 aromatic carbocycles. The lowest BCUT2D eigenvalue weighted by atomic mass is 9.89. The van der Waals surface area contributed by atoms with Crippen LogP contribution < -0.4 is 10.6 Å². The number of aryl methyl sites for hydroxylation is 2. The Hall–Kier alpha value is -1.51. The lowest BCUT2D eigenvalue weighted by Gasteiger charge is -2.20. The van der Waals surface area contributed by atoms with E-state index in [-0.39, 0.29) is 12.1 Å². The molecule has 0 aliphatic heterocycles. The third kappa shape index (κ3) is 3.72. The maximum atomic E-state index is 11.7. The molecule has 1 aliphatic carbocycles. The van der Waals surface area contributed by atoms with Crippen LogP contribution >= 0.6 is 0 Å². The predicted octanol–water partition coefficient (Wildman–Crippen LogP) is 3.34. The third-order valence-electron chi connectivity index (χ3n) is 3.76. The van der Waals surface area contributed by atoms with Crippen LogP contribution in [0.2, 0.25) is 0 Å². The fourth-order valence-corrected chi connectivity index (χ4v) is 2.59. The normalized spacial score (nSPS) is 15.5. The minimum Gasteiger partial charge on any atom is -0.338 e. The van der Waals surface area contributed by atoms with E-state index >= 15 is 0 Å². The van der Waals surface area contributed by atoms with E-state index < -0.39 is 0 Å². The second-order valence-electron chi connectivity index (χ2n) is 5.36. The van der Waals surface area contributed by atoms with E-state index in [1.54, 1.807) is 0 Å². The van der Waals surface area contributed by atoms with Gasteiger partial charge in [-0.05, 0) is 55.7 Å². The number of fused-ring (bicyclic) bond motifs is 1. The van der Waals surface area contributed by atoms with Crippen molar-refractivity contribution in [1.29, 1.82) is 0 Å². The predicted molar refractivity (Wildman–Crippen MR) is 78.3 cm³/mol. The van der Waals surface area contributed by atoms with Crippen LogP contribution in [0.3, 0.4) is 0 Å². The molecule has 0 bridgehead atoms. The number of carbonyl (C=O) groups excluding carboxylic acids is 1. The van der Waals surface area contributed by atoms with Gasteiger partial charge in [0.1, 0.15) is 0 Å². The molecule has 3 nitrogen and oxygen atoms in total. The Morgan fingerprint density at radius 3 is 2.74 bits per heavy atom. The quantitative estimate of drug-likeness (QED) is 0.856. The monoisotopic (exact) mass is 260 g/mol. The fraction of sp³-hybridized carbons (Fsp3) is 0.562. The average molecular weight is 260 g/mol. The molecule has 0 saturated heterocycles. The minimum absolute atomic E-state index is 0.0593. The Morgan fingerprint density at radius 1 is 1.26 bits per heavy atom. The Bertz CT molecular complexity index is 442. The van der Waals surface area contributed by atoms with Gasteiger partial charge in [0.2, 0.25) is 0 Å². The number of urea groups is 1. The summed E-state index contributed by atoms with van der Waals surface area (Å²) in [4.78, 5) is 11.7. The van der Waals surface area contributed by atoms with Gasteiger partial charge in [-0.2, -0.15) is 0 Å². The fourth-order valence-electron chi connectivity index (χ4n) is 2.59. The van der Waals surface area contributed by atoms with E-state index in [1.165, 1.54) is 42.4 Å². The Morgan fingerprint density at radius 2 is 2.00 bits per heavy atom. The first kappa shape index (κ1) is 13.9. The first-order valence-corrected chi connectivity index (χ1v) is 7.36. The van der Waals surface area contributed by atoms with E-state index in [0.717, 1.165) is 13.0 Å². The van der Waals surface area contributed by atoms with Crippen LogP contribution in [0.15, 0.2) is 18.2 Å². The maximum absolute atomic E-state index is 11.7. The smallest absolute Gasteiger partial charge is 0.315 e. The second-order valence-corrected chi connectivity index (χ2v) is 5.36. The van der Waals surface area contributed by atoms with Crippen LogP contribution in [-0.2, 0) is 12.8 Å². The van der Waals surface area contributed by atoms with Gasteiger partial charge in [0.15, 0.2) is 0 Å². The lowest BCUT2D eigenvalue weighted by molar-refractivity contribution is 0.238. The SMILES string of the molecule is CCCNC(=O)NC(C)c1ccc2c(c1)CCCC2. The van der Waals surface area contributed by atoms with E-state index in [2.05, 4.69) is 28.8 Å². The molecule has 1 aromatic rings. The summed E-state index contributed by atoms with van der Waals surface area (Å²) in [5.41, 5.74) is 4.15. The summed E-state index contributed by atoms with van der Waals surface area (Å²) >= 11 is 0. The molecule has 0 fully saturated rings. The average Bonchev–Trinajstić information content (AvgIpc) is 2.44. The van der Waals surface area contributed by atoms with Crippen LogP contribution in [0, 0.1) is 0 Å². The van der Waals surface area contributed by atoms with Crippen molar-refractivity contribution in [1.82, 2.24) is 10.6 Å². The van der Waals surface area contributed by atoms with Gasteiger partial charge in [-0.15, -0.1) is 0 Å². The largest absolute Gasteiger partial charge is 0.338 e. The Balaban J connectivity index is 1.99. The van der Waals surface area contributed by atoms with Gasteiger partial charge >= 0.3 is 6.03 Å². The first-order chi connectivity index (χ1) is 9.20. The summed E-state index contributed by atoms with van der Waals surface area (Å²) in [6.07, 6.45) is 5.93. The maximum Gasteiger partial charge on any atom is 0.315 e. The third-order valence-corrected chi connectivity index (χ3v) is 3.76. The van der Waals surface area contributed by atoms with Gasteiger partial charge in [0.05, 0.1) is 6.04 Å². The van der Waals surface area contributed by atoms with E-state index in [4.69, 9.17) is 0 Å². The molecule has 19 heavy (non-hydrogen) atoms. The highest BCUT2D eigenvalue weighted by Crippen LogP contribution is 2.24. The zero-order valence-electron chi connectivity index (χ0n) is 12.0. The summed E-state index contributed by atoms with van der Waals surface area (Å²) in [5.74, 6) is 0. The Labute approximate surface area is 115 Å². The summed E-state index contributed by atoms with van der Waals surface area (Å²) in [6, 6.07) is 6.62. The van der Waals surface area contributed by atoms with Crippen molar-refractivity contribution in [2.45, 2.75) is 52.0 Å². The van der Waals surface area contributed by atoms with Gasteiger partial charge < -0.3 is 10.6 Å². The molecule has 2 rings (SSSR count). The molecule has 1 atom stereocenters. The van der Waals surface area contributed by atoms with Gasteiger partial charge in [-0.1, -0.05) is 25.1 Å². The van der Waals surface area contributed by atoms with Gasteiger partial charge in [0.25, 0.3) is 0 Å². The van der Waals surface area contributed by atoms with Crippen LogP contribution in [0.4, 0.5) is 4.79 Å². The summed E-state index contributed by atoms with van der Waals surface area (Å²) in [7, 11) is 0. The molecule has 1 aliphatic rings. The Kier molecular flexibility index (Phi) is 4.83. The van der Waals surface area contributed by atoms with Crippen molar-refractivity contribution in [3.8, 4) is 0 Å². The lowest BCUT2D eigenvalue weighted by Crippen LogP contribution is -2.37. The summed E-state index contributed by atoms with van der Waals surface area (Å²) in [6.45, 7) is 4.81. The summed E-state index contributed by atoms with van der Waals surface area (Å²) in [5, 5.41) is 5.83. The first-order valence-electron chi connectivity index (χ1n) is 7.36. The number of hydrogen-bond acceptors (Lipinski definition) is 1. The van der Waals surface area contributed by atoms with Crippen molar-refractivity contribution in [3.05, 3.63) is 34.9 Å². The van der Waals surface area contributed by atoms with Crippen molar-refractivity contribution >= 4 is 6.03 Å². The number of rotatable bonds is 4. The van der Waals surface area contributed by atoms with Gasteiger partial charge in [0, 0.05) is 6.54 Å². The molecule has 0 radical (unpaired) electrons. The minimum atomic E-state index is -0.0768. The molecule has 0 aromatic heterocycles. The van der Waals surface area contributed by atoms with Gasteiger partial charge in [-0.3, -0.25) is 0 Å². The highest BCUT2D eigenvalue weighted by Gasteiger charge is 2.13. The van der Waals surface area contributed by atoms with Crippen molar-refractivity contribution in [3.63, 3.8) is 0 Å². The molecule has 0 heterocycles. The molecular formula is C16H24N2O. The topological polar surface area (TPSA) is 41.1 Å².